The molecule has 0 unspecified atom stereocenters. The average molecular weight is 629 g/mol. The second-order valence-electron chi connectivity index (χ2n) is 11.5. The molecule has 0 fully saturated rings. The largest absolute Gasteiger partial charge is 0.493 e. The summed E-state index contributed by atoms with van der Waals surface area (Å²) in [5.41, 5.74) is 6.44. The first kappa shape index (κ1) is 31.8. The molecule has 0 saturated heterocycles. The molecule has 5 rings (SSSR count). The van der Waals surface area contributed by atoms with Gasteiger partial charge in [0.15, 0.2) is 16.3 Å². The first-order chi connectivity index (χ1) is 21.4. The van der Waals surface area contributed by atoms with Crippen molar-refractivity contribution >= 4 is 29.1 Å². The molecule has 0 radical (unpaired) electrons. The predicted octanol–water partition coefficient (Wildman–Crippen LogP) is 5.07. The van der Waals surface area contributed by atoms with Crippen LogP contribution in [0.3, 0.4) is 0 Å². The number of hydrogen-bond acceptors (Lipinski definition) is 8. The third-order valence-electron chi connectivity index (χ3n) is 7.76. The third kappa shape index (κ3) is 6.07. The van der Waals surface area contributed by atoms with Gasteiger partial charge in [-0.05, 0) is 101 Å². The van der Waals surface area contributed by atoms with Crippen molar-refractivity contribution in [1.82, 2.24) is 9.13 Å². The van der Waals surface area contributed by atoms with Crippen molar-refractivity contribution in [2.45, 2.75) is 53.7 Å². The summed E-state index contributed by atoms with van der Waals surface area (Å²) >= 11 is 1.30. The lowest BCUT2D eigenvalue weighted by atomic mass is 9.95. The Morgan fingerprint density at radius 2 is 1.78 bits per heavy atom. The maximum atomic E-state index is 14.2. The molecule has 236 valence electrons. The van der Waals surface area contributed by atoms with E-state index in [1.54, 1.807) is 25.5 Å². The van der Waals surface area contributed by atoms with Gasteiger partial charge in [0.05, 0.1) is 41.7 Å². The summed E-state index contributed by atoms with van der Waals surface area (Å²) in [6.45, 7) is 11.7. The Labute approximate surface area is 267 Å². The number of esters is 1. The minimum atomic E-state index is -0.757. The molecule has 9 nitrogen and oxygen atoms in total. The fourth-order valence-electron chi connectivity index (χ4n) is 5.68. The standard InChI is InChI=1S/C35H40N4O5S/c1-10-43-34(41)31-22(5)36-35-39(32(31)24-11-16-28(44-20(2)3)29(18-24)42-9)33(40)30(45-35)19-25-17-21(4)38(23(25)6)27-14-12-26(13-15-27)37(7)8/h11-20,32H,10H2,1-9H3/b30-19-/t32-/m0/s1. The van der Waals surface area contributed by atoms with Crippen LogP contribution in [0.4, 0.5) is 5.69 Å². The number of carbonyl (C=O) groups excluding carboxylic acids is 1. The monoisotopic (exact) mass is 628 g/mol. The molecule has 0 amide bonds. The molecule has 1 aliphatic rings. The van der Waals surface area contributed by atoms with E-state index < -0.39 is 12.0 Å². The van der Waals surface area contributed by atoms with Crippen LogP contribution in [-0.2, 0) is 9.53 Å². The molecule has 0 N–H and O–H groups in total. The number of allylic oxidation sites excluding steroid dienone is 1. The number of hydrogen-bond donors (Lipinski definition) is 0. The molecule has 0 aliphatic carbocycles. The Morgan fingerprint density at radius 1 is 1.07 bits per heavy atom. The van der Waals surface area contributed by atoms with Gasteiger partial charge in [-0.25, -0.2) is 9.79 Å². The van der Waals surface area contributed by atoms with E-state index in [9.17, 15) is 9.59 Å². The van der Waals surface area contributed by atoms with Gasteiger partial charge >= 0.3 is 5.97 Å². The second-order valence-corrected chi connectivity index (χ2v) is 12.5. The summed E-state index contributed by atoms with van der Waals surface area (Å²) < 4.78 is 21.3. The number of carbonyl (C=O) groups is 1. The molecule has 2 aromatic heterocycles. The number of thiazole rings is 1. The van der Waals surface area contributed by atoms with Gasteiger partial charge in [0.1, 0.15) is 0 Å². The van der Waals surface area contributed by atoms with Gasteiger partial charge in [0.2, 0.25) is 0 Å². The third-order valence-corrected chi connectivity index (χ3v) is 8.75. The highest BCUT2D eigenvalue weighted by molar-refractivity contribution is 7.07. The number of anilines is 1. The molecule has 2 aromatic carbocycles. The number of aromatic nitrogens is 2. The van der Waals surface area contributed by atoms with Crippen molar-refractivity contribution in [3.63, 3.8) is 0 Å². The molecule has 4 aromatic rings. The van der Waals surface area contributed by atoms with Gasteiger partial charge in [-0.2, -0.15) is 0 Å². The summed E-state index contributed by atoms with van der Waals surface area (Å²) in [5, 5.41) is 0. The van der Waals surface area contributed by atoms with E-state index in [2.05, 4.69) is 53.6 Å². The maximum absolute atomic E-state index is 14.2. The highest BCUT2D eigenvalue weighted by Crippen LogP contribution is 2.36. The zero-order chi connectivity index (χ0) is 32.6. The first-order valence-electron chi connectivity index (χ1n) is 15.0. The Bertz CT molecular complexity index is 1960. The fraction of sp³-hybridized carbons (Fsp3) is 0.343. The lowest BCUT2D eigenvalue weighted by Crippen LogP contribution is -2.40. The SMILES string of the molecule is CCOC(=O)C1=C(C)N=c2s/c(=C\c3cc(C)n(-c4ccc(N(C)C)cc4)c3C)c(=O)n2[C@H]1c1ccc(OC(C)C)c(OC)c1. The van der Waals surface area contributed by atoms with Gasteiger partial charge in [-0.15, -0.1) is 0 Å². The molecular weight excluding hydrogens is 588 g/mol. The smallest absolute Gasteiger partial charge is 0.338 e. The van der Waals surface area contributed by atoms with Gasteiger partial charge in [-0.1, -0.05) is 17.4 Å². The zero-order valence-electron chi connectivity index (χ0n) is 27.3. The number of benzene rings is 2. The van der Waals surface area contributed by atoms with Crippen molar-refractivity contribution < 1.29 is 19.0 Å². The first-order valence-corrected chi connectivity index (χ1v) is 15.8. The Kier molecular flexibility index (Phi) is 9.06. The molecule has 0 bridgehead atoms. The number of rotatable bonds is 9. The van der Waals surface area contributed by atoms with Crippen LogP contribution in [0, 0.1) is 13.8 Å². The molecule has 45 heavy (non-hydrogen) atoms. The summed E-state index contributed by atoms with van der Waals surface area (Å²) in [7, 11) is 5.60. The number of fused-ring (bicyclic) bond motifs is 1. The van der Waals surface area contributed by atoms with Crippen LogP contribution in [0.25, 0.3) is 11.8 Å². The van der Waals surface area contributed by atoms with E-state index in [1.807, 2.05) is 52.2 Å². The van der Waals surface area contributed by atoms with Crippen LogP contribution in [0.5, 0.6) is 11.5 Å². The van der Waals surface area contributed by atoms with Crippen molar-refractivity contribution in [3.05, 3.63) is 102 Å². The van der Waals surface area contributed by atoms with Crippen molar-refractivity contribution in [3.8, 4) is 17.2 Å². The van der Waals surface area contributed by atoms with E-state index in [-0.39, 0.29) is 18.3 Å². The number of nitrogens with zero attached hydrogens (tertiary/aromatic N) is 4. The molecule has 3 heterocycles. The maximum Gasteiger partial charge on any atom is 0.338 e. The number of methoxy groups -OCH3 is 1. The van der Waals surface area contributed by atoms with E-state index in [1.165, 1.54) is 11.3 Å². The highest BCUT2D eigenvalue weighted by atomic mass is 32.1. The summed E-state index contributed by atoms with van der Waals surface area (Å²) in [6, 6.07) is 15.2. The number of ether oxygens (including phenoxy) is 3. The molecule has 0 spiro atoms. The fourth-order valence-corrected chi connectivity index (χ4v) is 6.72. The summed E-state index contributed by atoms with van der Waals surface area (Å²) in [6.07, 6.45) is 1.86. The van der Waals surface area contributed by atoms with E-state index >= 15 is 0 Å². The lowest BCUT2D eigenvalue weighted by Gasteiger charge is -2.25. The molecular formula is C35H40N4O5S. The van der Waals surface area contributed by atoms with Crippen molar-refractivity contribution in [2.75, 3.05) is 32.7 Å². The summed E-state index contributed by atoms with van der Waals surface area (Å²) in [5.74, 6) is 0.573. The van der Waals surface area contributed by atoms with Gasteiger partial charge in [0, 0.05) is 36.9 Å². The molecule has 1 atom stereocenters. The summed E-state index contributed by atoms with van der Waals surface area (Å²) in [4.78, 5) is 34.8. The van der Waals surface area contributed by atoms with Crippen LogP contribution in [0.15, 0.2) is 69.6 Å². The molecule has 10 heteroatoms. The van der Waals surface area contributed by atoms with E-state index in [0.29, 0.717) is 37.7 Å². The Hall–Kier alpha value is -4.57. The van der Waals surface area contributed by atoms with Crippen LogP contribution < -0.4 is 29.3 Å². The molecule has 0 saturated carbocycles. The van der Waals surface area contributed by atoms with Crippen molar-refractivity contribution in [2.24, 2.45) is 4.99 Å². The van der Waals surface area contributed by atoms with E-state index in [4.69, 9.17) is 19.2 Å². The topological polar surface area (TPSA) is 87.3 Å². The van der Waals surface area contributed by atoms with E-state index in [0.717, 1.165) is 28.3 Å². The minimum Gasteiger partial charge on any atom is -0.493 e. The quantitative estimate of drug-likeness (QED) is 0.241. The number of aryl methyl sites for hydroxylation is 1. The average Bonchev–Trinajstić information content (AvgIpc) is 3.45. The van der Waals surface area contributed by atoms with Crippen LogP contribution in [0.1, 0.15) is 56.3 Å². The van der Waals surface area contributed by atoms with Gasteiger partial charge in [0.25, 0.3) is 5.56 Å². The normalized spacial score (nSPS) is 14.8. The predicted molar refractivity (Wildman–Crippen MR) is 179 cm³/mol. The lowest BCUT2D eigenvalue weighted by molar-refractivity contribution is -0.139. The Morgan fingerprint density at radius 3 is 2.40 bits per heavy atom. The van der Waals surface area contributed by atoms with Crippen LogP contribution in [-0.4, -0.2) is 49.0 Å². The molecule has 1 aliphatic heterocycles. The van der Waals surface area contributed by atoms with Gasteiger partial charge in [-0.3, -0.25) is 9.36 Å². The zero-order valence-corrected chi connectivity index (χ0v) is 28.1. The van der Waals surface area contributed by atoms with Crippen molar-refractivity contribution in [1.29, 1.82) is 0 Å². The van der Waals surface area contributed by atoms with Crippen LogP contribution >= 0.6 is 11.3 Å². The highest BCUT2D eigenvalue weighted by Gasteiger charge is 2.34. The Balaban J connectivity index is 1.66. The van der Waals surface area contributed by atoms with Crippen LogP contribution in [0.2, 0.25) is 0 Å². The second kappa shape index (κ2) is 12.8. The van der Waals surface area contributed by atoms with Gasteiger partial charge < -0.3 is 23.7 Å². The minimum absolute atomic E-state index is 0.0565.